The molecule has 0 aliphatic rings. The van der Waals surface area contributed by atoms with Gasteiger partial charge in [0, 0.05) is 32.7 Å². The van der Waals surface area contributed by atoms with Gasteiger partial charge in [-0.2, -0.15) is 0 Å². The highest BCUT2D eigenvalue weighted by molar-refractivity contribution is 7.90. The number of carbonyl (C=O) groups is 1. The molecule has 1 rings (SSSR count). The van der Waals surface area contributed by atoms with Crippen molar-refractivity contribution in [1.29, 1.82) is 0 Å². The molecule has 0 saturated carbocycles. The Morgan fingerprint density at radius 2 is 2.19 bits per heavy atom. The van der Waals surface area contributed by atoms with Crippen LogP contribution in [0.5, 0.6) is 0 Å². The van der Waals surface area contributed by atoms with Gasteiger partial charge in [-0.3, -0.25) is 0 Å². The lowest BCUT2D eigenvalue weighted by molar-refractivity contribution is 0.154. The molecule has 8 heteroatoms. The fourth-order valence-electron chi connectivity index (χ4n) is 1.68. The molecule has 1 heterocycles. The van der Waals surface area contributed by atoms with E-state index in [0.717, 1.165) is 11.8 Å². The predicted octanol–water partition coefficient (Wildman–Crippen LogP) is 0.455. The molecule has 1 aromatic heterocycles. The Morgan fingerprint density at radius 1 is 1.48 bits per heavy atom. The minimum absolute atomic E-state index is 0.0300. The molecule has 21 heavy (non-hydrogen) atoms. The third-order valence-corrected chi connectivity index (χ3v) is 3.78. The number of pyridine rings is 1. The van der Waals surface area contributed by atoms with E-state index in [-0.39, 0.29) is 5.03 Å². The van der Waals surface area contributed by atoms with Crippen LogP contribution in [0.2, 0.25) is 0 Å². The first-order valence-corrected chi connectivity index (χ1v) is 8.26. The van der Waals surface area contributed by atoms with Gasteiger partial charge in [0.05, 0.1) is 6.61 Å². The number of nitrogens with zero attached hydrogens (tertiary/aromatic N) is 2. The fourth-order valence-corrected chi connectivity index (χ4v) is 2.28. The number of hydrogen-bond acceptors (Lipinski definition) is 5. The molecule has 0 aliphatic heterocycles. The molecule has 2 amide bonds. The van der Waals surface area contributed by atoms with E-state index in [1.165, 1.54) is 17.2 Å². The van der Waals surface area contributed by atoms with Crippen LogP contribution < -0.4 is 5.73 Å². The van der Waals surface area contributed by atoms with Crippen LogP contribution in [0.25, 0.3) is 0 Å². The molecule has 0 spiro atoms. The number of sulfone groups is 1. The number of amides is 2. The van der Waals surface area contributed by atoms with E-state index in [0.29, 0.717) is 26.1 Å². The number of ether oxygens (including phenoxy) is 1. The first kappa shape index (κ1) is 17.4. The van der Waals surface area contributed by atoms with Crippen molar-refractivity contribution in [2.45, 2.75) is 11.4 Å². The maximum atomic E-state index is 11.4. The van der Waals surface area contributed by atoms with Gasteiger partial charge in [-0.15, -0.1) is 0 Å². The van der Waals surface area contributed by atoms with Crippen molar-refractivity contribution in [2.75, 3.05) is 33.1 Å². The van der Waals surface area contributed by atoms with Crippen molar-refractivity contribution in [3.63, 3.8) is 0 Å². The molecular formula is C13H20N3O4S. The maximum Gasteiger partial charge on any atom is 0.314 e. The van der Waals surface area contributed by atoms with Crippen LogP contribution >= 0.6 is 0 Å². The number of primary amides is 1. The zero-order valence-electron chi connectivity index (χ0n) is 12.2. The second kappa shape index (κ2) is 7.94. The van der Waals surface area contributed by atoms with Gasteiger partial charge >= 0.3 is 6.03 Å². The fraction of sp³-hybridized carbons (Fsp3) is 0.462. The average molecular weight is 314 g/mol. The molecule has 7 nitrogen and oxygen atoms in total. The molecule has 0 bridgehead atoms. The van der Waals surface area contributed by atoms with Gasteiger partial charge in [0.25, 0.3) is 0 Å². The van der Waals surface area contributed by atoms with Gasteiger partial charge in [0.15, 0.2) is 14.9 Å². The number of carbonyl (C=O) groups excluding carboxylic acids is 1. The molecule has 0 fully saturated rings. The van der Waals surface area contributed by atoms with Gasteiger partial charge in [0.1, 0.15) is 0 Å². The summed E-state index contributed by atoms with van der Waals surface area (Å²) < 4.78 is 27.7. The smallest absolute Gasteiger partial charge is 0.314 e. The average Bonchev–Trinajstić information content (AvgIpc) is 2.41. The lowest BCUT2D eigenvalue weighted by Gasteiger charge is -2.19. The Morgan fingerprint density at radius 3 is 2.76 bits per heavy atom. The quantitative estimate of drug-likeness (QED) is 0.750. The summed E-state index contributed by atoms with van der Waals surface area (Å²) in [4.78, 5) is 16.5. The molecule has 0 atom stereocenters. The van der Waals surface area contributed by atoms with Crippen LogP contribution in [0.4, 0.5) is 4.79 Å². The molecule has 0 aromatic carbocycles. The number of methoxy groups -OCH3 is 1. The van der Waals surface area contributed by atoms with E-state index >= 15 is 0 Å². The van der Waals surface area contributed by atoms with Crippen molar-refractivity contribution < 1.29 is 17.9 Å². The van der Waals surface area contributed by atoms with Gasteiger partial charge in [0.2, 0.25) is 0 Å². The van der Waals surface area contributed by atoms with E-state index in [1.807, 2.05) is 6.42 Å². The van der Waals surface area contributed by atoms with Crippen LogP contribution in [0.15, 0.2) is 23.4 Å². The molecule has 2 N–H and O–H groups in total. The molecule has 117 valence electrons. The van der Waals surface area contributed by atoms with Crippen molar-refractivity contribution >= 4 is 15.9 Å². The number of aromatic nitrogens is 1. The molecular weight excluding hydrogens is 294 g/mol. The zero-order valence-corrected chi connectivity index (χ0v) is 13.0. The van der Waals surface area contributed by atoms with Gasteiger partial charge in [-0.25, -0.2) is 18.2 Å². The minimum Gasteiger partial charge on any atom is -0.383 e. The molecule has 0 saturated heterocycles. The highest BCUT2D eigenvalue weighted by atomic mass is 32.2. The van der Waals surface area contributed by atoms with E-state index in [9.17, 15) is 13.2 Å². The zero-order chi connectivity index (χ0) is 15.9. The van der Waals surface area contributed by atoms with Crippen LogP contribution in [0.1, 0.15) is 12.0 Å². The topological polar surface area (TPSA) is 103 Å². The largest absolute Gasteiger partial charge is 0.383 e. The van der Waals surface area contributed by atoms with Crippen molar-refractivity contribution in [3.05, 3.63) is 30.3 Å². The first-order valence-electron chi connectivity index (χ1n) is 6.37. The Labute approximate surface area is 125 Å². The highest BCUT2D eigenvalue weighted by Crippen LogP contribution is 2.11. The van der Waals surface area contributed by atoms with E-state index in [2.05, 4.69) is 4.98 Å². The van der Waals surface area contributed by atoms with Crippen LogP contribution in [-0.2, 0) is 14.6 Å². The summed E-state index contributed by atoms with van der Waals surface area (Å²) in [6.45, 7) is 1.27. The van der Waals surface area contributed by atoms with E-state index in [4.69, 9.17) is 10.5 Å². The Kier molecular flexibility index (Phi) is 6.57. The normalized spacial score (nSPS) is 11.3. The summed E-state index contributed by atoms with van der Waals surface area (Å²) in [6.07, 6.45) is 4.94. The predicted molar refractivity (Wildman–Crippen MR) is 78.4 cm³/mol. The highest BCUT2D eigenvalue weighted by Gasteiger charge is 2.11. The standard InChI is InChI=1S/C13H20N3O4S/c1-20-9-8-16(13(14)17)7-3-4-11-5-6-15-12(10-11)21(2,18)19/h4-6,10H,3,7-9H2,1-2H3,(H2,14,17). The number of hydrogen-bond donors (Lipinski definition) is 1. The SMILES string of the molecule is COCCN(CC[CH]c1ccnc(S(C)(=O)=O)c1)C(N)=O. The lowest BCUT2D eigenvalue weighted by Crippen LogP contribution is -2.38. The lowest BCUT2D eigenvalue weighted by atomic mass is 10.1. The molecule has 0 unspecified atom stereocenters. The summed E-state index contributed by atoms with van der Waals surface area (Å²) in [5, 5.41) is 0.0300. The van der Waals surface area contributed by atoms with Gasteiger partial charge in [-0.1, -0.05) is 0 Å². The summed E-state index contributed by atoms with van der Waals surface area (Å²) in [6, 6.07) is 2.70. The second-order valence-corrected chi connectivity index (χ2v) is 6.47. The number of urea groups is 1. The van der Waals surface area contributed by atoms with Crippen molar-refractivity contribution in [1.82, 2.24) is 9.88 Å². The Hall–Kier alpha value is -1.67. The summed E-state index contributed by atoms with van der Waals surface area (Å²) in [5.41, 5.74) is 6.00. The maximum absolute atomic E-state index is 11.4. The van der Waals surface area contributed by atoms with Crippen LogP contribution in [-0.4, -0.2) is 57.4 Å². The van der Waals surface area contributed by atoms with Gasteiger partial charge in [-0.05, 0) is 30.5 Å². The van der Waals surface area contributed by atoms with Gasteiger partial charge < -0.3 is 15.4 Å². The molecule has 1 radical (unpaired) electrons. The summed E-state index contributed by atoms with van der Waals surface area (Å²) in [7, 11) is -1.77. The Balaban J connectivity index is 2.57. The van der Waals surface area contributed by atoms with Crippen LogP contribution in [0, 0.1) is 6.42 Å². The number of rotatable bonds is 8. The van der Waals surface area contributed by atoms with Crippen LogP contribution in [0.3, 0.4) is 0 Å². The number of nitrogens with two attached hydrogens (primary N) is 1. The first-order chi connectivity index (χ1) is 9.84. The minimum atomic E-state index is -3.32. The van der Waals surface area contributed by atoms with Crippen molar-refractivity contribution in [3.8, 4) is 0 Å². The summed E-state index contributed by atoms with van der Waals surface area (Å²) in [5.74, 6) is 0. The molecule has 1 aromatic rings. The van der Waals surface area contributed by atoms with Crippen molar-refractivity contribution in [2.24, 2.45) is 5.73 Å². The monoisotopic (exact) mass is 314 g/mol. The third-order valence-electron chi connectivity index (χ3n) is 2.79. The van der Waals surface area contributed by atoms with E-state index in [1.54, 1.807) is 13.2 Å². The third kappa shape index (κ3) is 6.09. The van der Waals surface area contributed by atoms with E-state index < -0.39 is 15.9 Å². The molecule has 0 aliphatic carbocycles. The summed E-state index contributed by atoms with van der Waals surface area (Å²) >= 11 is 0. The Bertz CT molecular complexity index is 575. The second-order valence-electron chi connectivity index (χ2n) is 4.51.